The third-order valence-electron chi connectivity index (χ3n) is 3.92. The molecule has 2 aromatic heterocycles. The van der Waals surface area contributed by atoms with Crippen molar-refractivity contribution in [2.75, 3.05) is 32.1 Å². The van der Waals surface area contributed by atoms with Crippen LogP contribution in [0.1, 0.15) is 6.42 Å². The Labute approximate surface area is 140 Å². The number of rotatable bonds is 5. The van der Waals surface area contributed by atoms with Crippen LogP contribution in [0.3, 0.4) is 0 Å². The van der Waals surface area contributed by atoms with E-state index in [4.69, 9.17) is 4.74 Å². The molecule has 2 N–H and O–H groups in total. The molecule has 3 rings (SSSR count). The molecule has 3 heterocycles. The molecule has 0 spiro atoms. The van der Waals surface area contributed by atoms with E-state index in [1.54, 1.807) is 30.4 Å². The molecule has 1 amide bonds. The van der Waals surface area contributed by atoms with Crippen molar-refractivity contribution in [3.63, 3.8) is 0 Å². The normalized spacial score (nSPS) is 20.0. The molecule has 8 heteroatoms. The molecule has 0 aromatic carbocycles. The largest absolute Gasteiger partial charge is 0.384 e. The second-order valence-corrected chi connectivity index (χ2v) is 5.47. The van der Waals surface area contributed by atoms with Gasteiger partial charge in [-0.1, -0.05) is 0 Å². The lowest BCUT2D eigenvalue weighted by Gasteiger charge is -2.25. The number of methoxy groups -OCH3 is 1. The molecule has 1 saturated heterocycles. The van der Waals surface area contributed by atoms with E-state index >= 15 is 0 Å². The Bertz CT molecular complexity index is 624. The number of aromatic nitrogens is 3. The average Bonchev–Trinajstić information content (AvgIpc) is 3.20. The molecule has 2 aromatic rings. The summed E-state index contributed by atoms with van der Waals surface area (Å²) in [6.45, 7) is 1.87. The smallest absolute Gasteiger partial charge is 0.234 e. The van der Waals surface area contributed by atoms with E-state index in [2.05, 4.69) is 20.6 Å². The number of carbonyl (C=O) groups excluding carboxylic acids is 1. The molecule has 7 nitrogen and oxygen atoms in total. The molecule has 1 fully saturated rings. The van der Waals surface area contributed by atoms with Crippen molar-refractivity contribution >= 4 is 24.0 Å². The summed E-state index contributed by atoms with van der Waals surface area (Å²) in [7, 11) is 1.62. The Balaban J connectivity index is 0.00000192. The number of ether oxygens (including phenoxy) is 1. The first kappa shape index (κ1) is 17.4. The van der Waals surface area contributed by atoms with Gasteiger partial charge in [0.05, 0.1) is 23.9 Å². The predicted molar refractivity (Wildman–Crippen MR) is 89.0 cm³/mol. The summed E-state index contributed by atoms with van der Waals surface area (Å²) in [6, 6.07) is 3.68. The second-order valence-electron chi connectivity index (χ2n) is 5.47. The molecule has 1 aliphatic heterocycles. The summed E-state index contributed by atoms with van der Waals surface area (Å²) < 4.78 is 7.03. The van der Waals surface area contributed by atoms with E-state index in [1.807, 2.05) is 18.3 Å². The second kappa shape index (κ2) is 7.54. The van der Waals surface area contributed by atoms with Crippen molar-refractivity contribution in [2.45, 2.75) is 6.42 Å². The zero-order valence-electron chi connectivity index (χ0n) is 12.9. The van der Waals surface area contributed by atoms with Crippen molar-refractivity contribution in [1.82, 2.24) is 19.9 Å². The highest BCUT2D eigenvalue weighted by atomic mass is 35.5. The number of hydrogen-bond donors (Lipinski definition) is 2. The van der Waals surface area contributed by atoms with Crippen LogP contribution in [0.5, 0.6) is 0 Å². The highest BCUT2D eigenvalue weighted by Gasteiger charge is 2.41. The summed E-state index contributed by atoms with van der Waals surface area (Å²) in [5, 5.41) is 6.16. The van der Waals surface area contributed by atoms with Gasteiger partial charge in [0.2, 0.25) is 5.91 Å². The summed E-state index contributed by atoms with van der Waals surface area (Å²) in [5.74, 6) is 0.723. The molecule has 1 aliphatic rings. The predicted octanol–water partition coefficient (Wildman–Crippen LogP) is 1.25. The molecule has 1 atom stereocenters. The minimum atomic E-state index is -0.502. The van der Waals surface area contributed by atoms with Gasteiger partial charge in [0, 0.05) is 26.0 Å². The monoisotopic (exact) mass is 337 g/mol. The molecule has 1 unspecified atom stereocenters. The number of hydrogen-bond acceptors (Lipinski definition) is 5. The first-order valence-corrected chi connectivity index (χ1v) is 7.19. The topological polar surface area (TPSA) is 81.1 Å². The maximum atomic E-state index is 12.6. The van der Waals surface area contributed by atoms with Crippen LogP contribution in [0.2, 0.25) is 0 Å². The van der Waals surface area contributed by atoms with Crippen LogP contribution < -0.4 is 10.6 Å². The van der Waals surface area contributed by atoms with E-state index in [-0.39, 0.29) is 18.3 Å². The summed E-state index contributed by atoms with van der Waals surface area (Å²) >= 11 is 0. The van der Waals surface area contributed by atoms with Gasteiger partial charge in [-0.15, -0.1) is 12.4 Å². The van der Waals surface area contributed by atoms with Gasteiger partial charge >= 0.3 is 0 Å². The fraction of sp³-hybridized carbons (Fsp3) is 0.400. The van der Waals surface area contributed by atoms with Gasteiger partial charge in [0.15, 0.2) is 0 Å². The van der Waals surface area contributed by atoms with Crippen LogP contribution in [0, 0.1) is 5.41 Å². The van der Waals surface area contributed by atoms with E-state index in [1.165, 1.54) is 0 Å². The average molecular weight is 338 g/mol. The van der Waals surface area contributed by atoms with E-state index < -0.39 is 5.41 Å². The van der Waals surface area contributed by atoms with Gasteiger partial charge < -0.3 is 15.4 Å². The third kappa shape index (κ3) is 3.69. The number of carbonyl (C=O) groups is 1. The Morgan fingerprint density at radius 3 is 2.96 bits per heavy atom. The molecule has 0 saturated carbocycles. The van der Waals surface area contributed by atoms with Crippen LogP contribution in [0.4, 0.5) is 5.69 Å². The van der Waals surface area contributed by atoms with Gasteiger partial charge in [-0.05, 0) is 25.1 Å². The zero-order valence-corrected chi connectivity index (χ0v) is 13.7. The lowest BCUT2D eigenvalue weighted by atomic mass is 9.87. The number of nitrogens with zero attached hydrogens (tertiary/aromatic N) is 3. The number of amides is 1. The van der Waals surface area contributed by atoms with E-state index in [0.717, 1.165) is 18.8 Å². The van der Waals surface area contributed by atoms with Crippen LogP contribution in [-0.2, 0) is 9.53 Å². The van der Waals surface area contributed by atoms with Crippen LogP contribution in [0.15, 0.2) is 37.1 Å². The molecule has 0 aliphatic carbocycles. The van der Waals surface area contributed by atoms with Crippen molar-refractivity contribution in [1.29, 1.82) is 0 Å². The first-order chi connectivity index (χ1) is 10.7. The summed E-state index contributed by atoms with van der Waals surface area (Å²) in [4.78, 5) is 20.9. The SMILES string of the molecule is COCC1(C(=O)Nc2ccc(-n3ccnc3)nc2)CCNC1.Cl. The van der Waals surface area contributed by atoms with Gasteiger partial charge in [-0.2, -0.15) is 0 Å². The fourth-order valence-electron chi connectivity index (χ4n) is 2.67. The minimum absolute atomic E-state index is 0. The lowest BCUT2D eigenvalue weighted by Crippen LogP contribution is -2.41. The maximum Gasteiger partial charge on any atom is 0.234 e. The van der Waals surface area contributed by atoms with Crippen LogP contribution in [0.25, 0.3) is 5.82 Å². The minimum Gasteiger partial charge on any atom is -0.384 e. The molecule has 23 heavy (non-hydrogen) atoms. The molecule has 124 valence electrons. The quantitative estimate of drug-likeness (QED) is 0.858. The molecule has 0 bridgehead atoms. The number of halogens is 1. The molecule has 0 radical (unpaired) electrons. The Morgan fingerprint density at radius 2 is 2.39 bits per heavy atom. The van der Waals surface area contributed by atoms with Crippen molar-refractivity contribution in [2.24, 2.45) is 5.41 Å². The van der Waals surface area contributed by atoms with Crippen LogP contribution in [-0.4, -0.2) is 47.2 Å². The lowest BCUT2D eigenvalue weighted by molar-refractivity contribution is -0.127. The van der Waals surface area contributed by atoms with Gasteiger partial charge in [-0.3, -0.25) is 9.36 Å². The summed E-state index contributed by atoms with van der Waals surface area (Å²) in [6.07, 6.45) is 7.61. The first-order valence-electron chi connectivity index (χ1n) is 7.19. The van der Waals surface area contributed by atoms with Gasteiger partial charge in [-0.25, -0.2) is 9.97 Å². The van der Waals surface area contributed by atoms with E-state index in [0.29, 0.717) is 18.8 Å². The fourth-order valence-corrected chi connectivity index (χ4v) is 2.67. The number of anilines is 1. The highest BCUT2D eigenvalue weighted by molar-refractivity contribution is 5.95. The Hall–Kier alpha value is -1.96. The van der Waals surface area contributed by atoms with Gasteiger partial charge in [0.1, 0.15) is 12.1 Å². The van der Waals surface area contributed by atoms with E-state index in [9.17, 15) is 4.79 Å². The zero-order chi connectivity index (χ0) is 15.4. The summed E-state index contributed by atoms with van der Waals surface area (Å²) in [5.41, 5.74) is 0.175. The number of pyridine rings is 1. The molecular weight excluding hydrogens is 318 g/mol. The highest BCUT2D eigenvalue weighted by Crippen LogP contribution is 2.27. The van der Waals surface area contributed by atoms with Gasteiger partial charge in [0.25, 0.3) is 0 Å². The Kier molecular flexibility index (Phi) is 5.70. The third-order valence-corrected chi connectivity index (χ3v) is 3.92. The standard InChI is InChI=1S/C15H19N5O2.ClH/c1-22-10-15(4-5-16-9-15)14(21)19-12-2-3-13(18-8-12)20-7-6-17-11-20;/h2-3,6-8,11,16H,4-5,9-10H2,1H3,(H,19,21);1H. The molecular formula is C15H20ClN5O2. The number of imidazole rings is 1. The maximum absolute atomic E-state index is 12.6. The Morgan fingerprint density at radius 1 is 1.52 bits per heavy atom. The van der Waals surface area contributed by atoms with Crippen molar-refractivity contribution < 1.29 is 9.53 Å². The number of nitrogens with one attached hydrogen (secondary N) is 2. The van der Waals surface area contributed by atoms with Crippen molar-refractivity contribution in [3.8, 4) is 5.82 Å². The van der Waals surface area contributed by atoms with Crippen LogP contribution >= 0.6 is 12.4 Å². The van der Waals surface area contributed by atoms with Crippen molar-refractivity contribution in [3.05, 3.63) is 37.1 Å².